The second-order valence-corrected chi connectivity index (χ2v) is 12.6. The highest BCUT2D eigenvalue weighted by atomic mass is 16.6. The second-order valence-electron chi connectivity index (χ2n) is 12.6. The zero-order valence-electron chi connectivity index (χ0n) is 26.3. The molecular weight excluding hydrogens is 548 g/mol. The summed E-state index contributed by atoms with van der Waals surface area (Å²) >= 11 is 0. The molecule has 2 aliphatic rings. The Balaban J connectivity index is 1.22. The highest BCUT2D eigenvalue weighted by Crippen LogP contribution is 2.41. The average Bonchev–Trinajstić information content (AvgIpc) is 3.58. The minimum atomic E-state index is -0.587. The molecule has 4 rings (SSSR count). The van der Waals surface area contributed by atoms with Gasteiger partial charge >= 0.3 is 6.09 Å². The van der Waals surface area contributed by atoms with E-state index < -0.39 is 17.7 Å². The number of fused-ring (bicyclic) bond motifs is 1. The predicted octanol–water partition coefficient (Wildman–Crippen LogP) is 4.95. The molecule has 2 heterocycles. The molecule has 43 heavy (non-hydrogen) atoms. The summed E-state index contributed by atoms with van der Waals surface area (Å²) in [7, 11) is 1.57. The Hall–Kier alpha value is -3.43. The number of hydrogen-bond donors (Lipinski definition) is 1. The lowest BCUT2D eigenvalue weighted by molar-refractivity contribution is -0.276. The summed E-state index contributed by atoms with van der Waals surface area (Å²) in [5, 5.41) is 15.1. The summed E-state index contributed by atoms with van der Waals surface area (Å²) in [5.41, 5.74) is 1.12. The van der Waals surface area contributed by atoms with E-state index in [2.05, 4.69) is 15.3 Å². The Morgan fingerprint density at radius 2 is 1.93 bits per heavy atom. The van der Waals surface area contributed by atoms with Crippen LogP contribution in [0.4, 0.5) is 4.79 Å². The van der Waals surface area contributed by atoms with E-state index in [-0.39, 0.29) is 41.9 Å². The smallest absolute Gasteiger partial charge is 0.408 e. The van der Waals surface area contributed by atoms with Gasteiger partial charge in [0, 0.05) is 24.4 Å². The summed E-state index contributed by atoms with van der Waals surface area (Å²) in [6.07, 6.45) is 8.01. The van der Waals surface area contributed by atoms with Gasteiger partial charge in [0.15, 0.2) is 5.78 Å². The molecule has 1 unspecified atom stereocenters. The molecular formula is C33H47N4O6-. The Kier molecular flexibility index (Phi) is 10.8. The summed E-state index contributed by atoms with van der Waals surface area (Å²) in [4.78, 5) is 49.0. The molecule has 1 saturated heterocycles. The van der Waals surface area contributed by atoms with Crippen LogP contribution in [-0.2, 0) is 20.7 Å². The van der Waals surface area contributed by atoms with Gasteiger partial charge in [0.25, 0.3) is 0 Å². The topological polar surface area (TPSA) is 134 Å². The molecule has 2 aromatic rings. The molecule has 0 bridgehead atoms. The number of likely N-dealkylation sites (tertiary alicyclic amines) is 1. The van der Waals surface area contributed by atoms with Crippen LogP contribution in [-0.4, -0.2) is 64.5 Å². The Morgan fingerprint density at radius 3 is 2.65 bits per heavy atom. The van der Waals surface area contributed by atoms with Crippen LogP contribution in [0, 0.1) is 17.8 Å². The number of aromatic nitrogens is 2. The number of amides is 2. The van der Waals surface area contributed by atoms with E-state index in [9.17, 15) is 19.5 Å². The van der Waals surface area contributed by atoms with Gasteiger partial charge in [0.2, 0.25) is 5.91 Å². The number of carbonyl (C=O) groups excluding carboxylic acids is 3. The Morgan fingerprint density at radius 1 is 1.14 bits per heavy atom. The fourth-order valence-electron chi connectivity index (χ4n) is 6.79. The summed E-state index contributed by atoms with van der Waals surface area (Å²) in [6, 6.07) is 4.93. The summed E-state index contributed by atoms with van der Waals surface area (Å²) < 4.78 is 11.1. The van der Waals surface area contributed by atoms with E-state index in [1.165, 1.54) is 0 Å². The SMILES string of the molecule is CC[C@@H]1CCN(C(=O)CNC(=O)OC2(C)CCC[C@H]2CCCCCc2nc3ccc(OC)cc3nc2[O-])[C@@H]1C(=O)C(C)C. The summed E-state index contributed by atoms with van der Waals surface area (Å²) in [5.74, 6) is 0.444. The number of ketones is 1. The van der Waals surface area contributed by atoms with E-state index in [1.807, 2.05) is 39.8 Å². The van der Waals surface area contributed by atoms with Gasteiger partial charge in [0.1, 0.15) is 17.9 Å². The monoisotopic (exact) mass is 595 g/mol. The number of ether oxygens (including phenoxy) is 2. The quantitative estimate of drug-likeness (QED) is 0.322. The van der Waals surface area contributed by atoms with E-state index in [0.29, 0.717) is 35.4 Å². The largest absolute Gasteiger partial charge is 0.857 e. The third-order valence-corrected chi connectivity index (χ3v) is 9.40. The van der Waals surface area contributed by atoms with Gasteiger partial charge in [-0.3, -0.25) is 19.6 Å². The van der Waals surface area contributed by atoms with E-state index >= 15 is 0 Å². The molecule has 0 spiro atoms. The highest BCUT2D eigenvalue weighted by Gasteiger charge is 2.43. The first-order valence-corrected chi connectivity index (χ1v) is 15.9. The van der Waals surface area contributed by atoms with Crippen molar-refractivity contribution in [2.24, 2.45) is 17.8 Å². The fourth-order valence-corrected chi connectivity index (χ4v) is 6.79. The number of alkyl carbamates (subject to hydrolysis) is 1. The van der Waals surface area contributed by atoms with Gasteiger partial charge < -0.3 is 24.8 Å². The van der Waals surface area contributed by atoms with Crippen molar-refractivity contribution in [3.63, 3.8) is 0 Å². The zero-order chi connectivity index (χ0) is 31.1. The molecule has 1 aliphatic carbocycles. The van der Waals surface area contributed by atoms with Crippen LogP contribution in [0.2, 0.25) is 0 Å². The summed E-state index contributed by atoms with van der Waals surface area (Å²) in [6.45, 7) is 8.13. The zero-order valence-corrected chi connectivity index (χ0v) is 26.3. The van der Waals surface area contributed by atoms with Crippen LogP contribution in [0.1, 0.15) is 91.2 Å². The molecule has 2 amide bonds. The lowest BCUT2D eigenvalue weighted by atomic mass is 9.87. The van der Waals surface area contributed by atoms with Crippen LogP contribution >= 0.6 is 0 Å². The number of carbonyl (C=O) groups is 3. The van der Waals surface area contributed by atoms with Crippen molar-refractivity contribution >= 4 is 28.8 Å². The van der Waals surface area contributed by atoms with Gasteiger partial charge in [-0.1, -0.05) is 40.0 Å². The molecule has 1 aromatic heterocycles. The number of benzene rings is 1. The van der Waals surface area contributed by atoms with Gasteiger partial charge in [-0.25, -0.2) is 4.79 Å². The van der Waals surface area contributed by atoms with Crippen LogP contribution in [0.25, 0.3) is 11.0 Å². The molecule has 1 N–H and O–H groups in total. The Labute approximate surface area is 254 Å². The van der Waals surface area contributed by atoms with E-state index in [1.54, 1.807) is 18.1 Å². The van der Waals surface area contributed by atoms with Crippen LogP contribution in [0.3, 0.4) is 0 Å². The lowest BCUT2D eigenvalue weighted by Gasteiger charge is -2.32. The molecule has 1 aliphatic heterocycles. The number of hydrogen-bond acceptors (Lipinski definition) is 8. The van der Waals surface area contributed by atoms with Gasteiger partial charge in [-0.05, 0) is 75.8 Å². The molecule has 236 valence electrons. The van der Waals surface area contributed by atoms with Crippen LogP contribution in [0.15, 0.2) is 18.2 Å². The highest BCUT2D eigenvalue weighted by molar-refractivity contribution is 5.92. The predicted molar refractivity (Wildman–Crippen MR) is 162 cm³/mol. The first kappa shape index (κ1) is 32.5. The molecule has 10 nitrogen and oxygen atoms in total. The molecule has 1 saturated carbocycles. The number of nitrogens with one attached hydrogen (secondary N) is 1. The van der Waals surface area contributed by atoms with Crippen molar-refractivity contribution in [2.45, 2.75) is 104 Å². The second kappa shape index (κ2) is 14.4. The lowest BCUT2D eigenvalue weighted by Crippen LogP contribution is -2.49. The van der Waals surface area contributed by atoms with Crippen molar-refractivity contribution in [3.8, 4) is 11.6 Å². The maximum absolute atomic E-state index is 13.0. The van der Waals surface area contributed by atoms with Crippen molar-refractivity contribution in [3.05, 3.63) is 23.9 Å². The molecule has 1 aromatic carbocycles. The number of rotatable bonds is 13. The molecule has 0 radical (unpaired) electrons. The molecule has 2 fully saturated rings. The first-order chi connectivity index (χ1) is 20.6. The van der Waals surface area contributed by atoms with Crippen LogP contribution < -0.4 is 15.2 Å². The van der Waals surface area contributed by atoms with Gasteiger partial charge in [0.05, 0.1) is 29.9 Å². The third-order valence-electron chi connectivity index (χ3n) is 9.40. The van der Waals surface area contributed by atoms with E-state index in [0.717, 1.165) is 57.8 Å². The van der Waals surface area contributed by atoms with Crippen molar-refractivity contribution in [1.82, 2.24) is 20.2 Å². The third kappa shape index (κ3) is 7.75. The van der Waals surface area contributed by atoms with Gasteiger partial charge in [-0.15, -0.1) is 0 Å². The van der Waals surface area contributed by atoms with Crippen LogP contribution in [0.5, 0.6) is 11.6 Å². The first-order valence-electron chi connectivity index (χ1n) is 15.9. The minimum absolute atomic E-state index is 0.0845. The maximum atomic E-state index is 13.0. The fraction of sp³-hybridized carbons (Fsp3) is 0.667. The maximum Gasteiger partial charge on any atom is 0.408 e. The number of nitrogens with zero attached hydrogens (tertiary/aromatic N) is 3. The molecule has 4 atom stereocenters. The number of methoxy groups -OCH3 is 1. The van der Waals surface area contributed by atoms with Crippen molar-refractivity contribution in [2.75, 3.05) is 20.2 Å². The standard InChI is InChI=1S/C33H48N4O6/c1-6-22-16-18-37(29(22)30(39)21(2)3)28(38)20-34-32(41)43-33(4)17-10-12-23(33)11-8-7-9-13-26-31(40)36-27-19-24(42-5)14-15-25(27)35-26/h14-15,19,21-23,29H,6-13,16-18,20H2,1-5H3,(H,34,41)(H,36,40)/p-1/t22-,23-,29+,33?/m1/s1. The normalized spacial score (nSPS) is 23.6. The molecule has 10 heteroatoms. The van der Waals surface area contributed by atoms with Crippen molar-refractivity contribution in [1.29, 1.82) is 0 Å². The minimum Gasteiger partial charge on any atom is -0.857 e. The Bertz CT molecular complexity index is 1300. The van der Waals surface area contributed by atoms with Crippen molar-refractivity contribution < 1.29 is 29.0 Å². The number of aryl methyl sites for hydroxylation is 1. The van der Waals surface area contributed by atoms with Gasteiger partial charge in [-0.2, -0.15) is 0 Å². The average molecular weight is 596 g/mol. The number of unbranched alkanes of at least 4 members (excludes halogenated alkanes) is 2. The number of Topliss-reactive ketones (excluding diaryl/α,β-unsaturated/α-hetero) is 1. The van der Waals surface area contributed by atoms with E-state index in [4.69, 9.17) is 9.47 Å².